The van der Waals surface area contributed by atoms with Crippen LogP contribution in [-0.4, -0.2) is 32.8 Å². The Morgan fingerprint density at radius 1 is 1.23 bits per heavy atom. The van der Waals surface area contributed by atoms with E-state index in [1.54, 1.807) is 4.68 Å². The van der Waals surface area contributed by atoms with E-state index in [-0.39, 0.29) is 5.97 Å². The molecule has 9 heteroatoms. The summed E-state index contributed by atoms with van der Waals surface area (Å²) in [7, 11) is 0. The van der Waals surface area contributed by atoms with Crippen LogP contribution in [0.2, 0.25) is 5.02 Å². The highest BCUT2D eigenvalue weighted by atomic mass is 35.5. The van der Waals surface area contributed by atoms with E-state index in [0.717, 1.165) is 17.5 Å². The number of hydrogen-bond donors (Lipinski definition) is 1. The van der Waals surface area contributed by atoms with Gasteiger partial charge >= 0.3 is 5.97 Å². The van der Waals surface area contributed by atoms with E-state index < -0.39 is 6.04 Å². The molecule has 0 fully saturated rings. The quantitative estimate of drug-likeness (QED) is 0.553. The predicted molar refractivity (Wildman–Crippen MR) is 116 cm³/mol. The highest BCUT2D eigenvalue weighted by Gasteiger charge is 2.34. The normalized spacial score (nSPS) is 15.3. The molecule has 1 unspecified atom stereocenters. The van der Waals surface area contributed by atoms with Crippen molar-refractivity contribution in [2.45, 2.75) is 32.9 Å². The van der Waals surface area contributed by atoms with Crippen LogP contribution in [-0.2, 0) is 16.1 Å². The molecule has 0 aliphatic carbocycles. The lowest BCUT2D eigenvalue weighted by atomic mass is 9.96. The van der Waals surface area contributed by atoms with Crippen molar-refractivity contribution in [2.75, 3.05) is 11.9 Å². The number of anilines is 1. The number of allylic oxidation sites excluding steroid dienone is 1. The Kier molecular flexibility index (Phi) is 6.18. The van der Waals surface area contributed by atoms with Gasteiger partial charge in [-0.15, -0.1) is 0 Å². The number of benzene rings is 2. The maximum atomic E-state index is 12.8. The molecule has 31 heavy (non-hydrogen) atoms. The van der Waals surface area contributed by atoms with Crippen molar-refractivity contribution < 1.29 is 14.3 Å². The molecule has 1 aliphatic heterocycles. The topological polar surface area (TPSA) is 91.2 Å². The number of nitrogens with one attached hydrogen (secondary N) is 1. The number of aromatic nitrogens is 4. The molecule has 1 atom stereocenters. The maximum Gasteiger partial charge on any atom is 0.338 e. The smallest absolute Gasteiger partial charge is 0.338 e. The number of tetrazole rings is 1. The SMILES string of the molecule is CCCOC(=O)C1=C(C)Nc2nnnn2C1c1ccc(OCc2cccc(Cl)c2)cc1. The second-order valence-electron chi connectivity index (χ2n) is 7.14. The van der Waals surface area contributed by atoms with Crippen molar-refractivity contribution in [1.29, 1.82) is 0 Å². The van der Waals surface area contributed by atoms with E-state index in [2.05, 4.69) is 20.8 Å². The summed E-state index contributed by atoms with van der Waals surface area (Å²) < 4.78 is 12.9. The average Bonchev–Trinajstić information content (AvgIpc) is 3.23. The zero-order valence-corrected chi connectivity index (χ0v) is 18.0. The number of rotatable bonds is 7. The highest BCUT2D eigenvalue weighted by molar-refractivity contribution is 6.30. The number of nitrogens with zero attached hydrogens (tertiary/aromatic N) is 4. The van der Waals surface area contributed by atoms with Gasteiger partial charge in [0.2, 0.25) is 5.95 Å². The lowest BCUT2D eigenvalue weighted by Gasteiger charge is -2.27. The maximum absolute atomic E-state index is 12.8. The van der Waals surface area contributed by atoms with Gasteiger partial charge in [-0.05, 0) is 59.2 Å². The number of halogens is 1. The second kappa shape index (κ2) is 9.18. The van der Waals surface area contributed by atoms with Crippen LogP contribution in [0, 0.1) is 0 Å². The Labute approximate surface area is 184 Å². The minimum Gasteiger partial charge on any atom is -0.489 e. The van der Waals surface area contributed by atoms with Gasteiger partial charge in [-0.1, -0.05) is 47.9 Å². The van der Waals surface area contributed by atoms with Gasteiger partial charge in [0.1, 0.15) is 18.4 Å². The van der Waals surface area contributed by atoms with Gasteiger partial charge in [-0.2, -0.15) is 4.68 Å². The van der Waals surface area contributed by atoms with Crippen LogP contribution in [0.4, 0.5) is 5.95 Å². The van der Waals surface area contributed by atoms with Crippen LogP contribution >= 0.6 is 11.6 Å². The molecule has 0 radical (unpaired) electrons. The van der Waals surface area contributed by atoms with Crippen LogP contribution in [0.25, 0.3) is 0 Å². The predicted octanol–water partition coefficient (Wildman–Crippen LogP) is 4.15. The number of esters is 1. The zero-order chi connectivity index (χ0) is 21.8. The van der Waals surface area contributed by atoms with E-state index in [9.17, 15) is 4.79 Å². The standard InChI is InChI=1S/C22H22ClN5O3/c1-3-11-30-21(29)19-14(2)24-22-25-26-27-28(22)20(19)16-7-9-18(10-8-16)31-13-15-5-4-6-17(23)12-15/h4-10,12,20H,3,11,13H2,1-2H3,(H,24,25,27). The molecule has 0 spiro atoms. The zero-order valence-electron chi connectivity index (χ0n) is 17.2. The highest BCUT2D eigenvalue weighted by Crippen LogP contribution is 2.35. The number of fused-ring (bicyclic) bond motifs is 1. The van der Waals surface area contributed by atoms with Gasteiger partial charge < -0.3 is 14.8 Å². The molecule has 0 bridgehead atoms. The molecule has 160 valence electrons. The first-order chi connectivity index (χ1) is 15.1. The Morgan fingerprint density at radius 3 is 2.77 bits per heavy atom. The molecule has 1 N–H and O–H groups in total. The third-order valence-corrected chi connectivity index (χ3v) is 5.10. The fourth-order valence-corrected chi connectivity index (χ4v) is 3.61. The summed E-state index contributed by atoms with van der Waals surface area (Å²) in [4.78, 5) is 12.8. The summed E-state index contributed by atoms with van der Waals surface area (Å²) in [6.07, 6.45) is 0.741. The molecule has 1 aromatic heterocycles. The van der Waals surface area contributed by atoms with E-state index >= 15 is 0 Å². The van der Waals surface area contributed by atoms with E-state index in [0.29, 0.717) is 41.2 Å². The molecule has 0 saturated carbocycles. The Morgan fingerprint density at radius 2 is 2.03 bits per heavy atom. The van der Waals surface area contributed by atoms with Gasteiger partial charge in [0, 0.05) is 10.7 Å². The van der Waals surface area contributed by atoms with Crippen LogP contribution in [0.5, 0.6) is 5.75 Å². The van der Waals surface area contributed by atoms with Crippen molar-refractivity contribution in [3.05, 3.63) is 76.0 Å². The molecule has 4 rings (SSSR count). The molecule has 0 saturated heterocycles. The van der Waals surface area contributed by atoms with Gasteiger partial charge in [-0.25, -0.2) is 4.79 Å². The molecule has 2 heterocycles. The van der Waals surface area contributed by atoms with E-state index in [1.807, 2.05) is 62.4 Å². The largest absolute Gasteiger partial charge is 0.489 e. The van der Waals surface area contributed by atoms with E-state index in [4.69, 9.17) is 21.1 Å². The molecule has 8 nitrogen and oxygen atoms in total. The number of carbonyl (C=O) groups is 1. The number of ether oxygens (including phenoxy) is 2. The molecular formula is C22H22ClN5O3. The lowest BCUT2D eigenvalue weighted by molar-refractivity contribution is -0.139. The Bertz CT molecular complexity index is 1110. The fourth-order valence-electron chi connectivity index (χ4n) is 3.40. The molecule has 0 amide bonds. The van der Waals surface area contributed by atoms with Gasteiger partial charge in [0.15, 0.2) is 0 Å². The monoisotopic (exact) mass is 439 g/mol. The van der Waals surface area contributed by atoms with Gasteiger partial charge in [-0.3, -0.25) is 0 Å². The fraction of sp³-hybridized carbons (Fsp3) is 0.273. The van der Waals surface area contributed by atoms with Crippen LogP contribution < -0.4 is 10.1 Å². The summed E-state index contributed by atoms with van der Waals surface area (Å²) in [6.45, 7) is 4.52. The van der Waals surface area contributed by atoms with Gasteiger partial charge in [0.25, 0.3) is 0 Å². The molecule has 2 aromatic carbocycles. The summed E-state index contributed by atoms with van der Waals surface area (Å²) >= 11 is 6.03. The summed E-state index contributed by atoms with van der Waals surface area (Å²) in [5, 5.41) is 15.6. The number of hydrogen-bond acceptors (Lipinski definition) is 7. The van der Waals surface area contributed by atoms with E-state index in [1.165, 1.54) is 0 Å². The Hall–Kier alpha value is -3.39. The van der Waals surface area contributed by atoms with Gasteiger partial charge in [0.05, 0.1) is 12.2 Å². The lowest BCUT2D eigenvalue weighted by Crippen LogP contribution is -2.29. The summed E-state index contributed by atoms with van der Waals surface area (Å²) in [5.74, 6) is 0.778. The van der Waals surface area contributed by atoms with Crippen molar-refractivity contribution >= 4 is 23.5 Å². The summed E-state index contributed by atoms with van der Waals surface area (Å²) in [6, 6.07) is 14.5. The first kappa shape index (κ1) is 20.9. The molecule has 3 aromatic rings. The van der Waals surface area contributed by atoms with Crippen LogP contribution in [0.3, 0.4) is 0 Å². The van der Waals surface area contributed by atoms with Crippen molar-refractivity contribution in [3.8, 4) is 5.75 Å². The molecular weight excluding hydrogens is 418 g/mol. The summed E-state index contributed by atoms with van der Waals surface area (Å²) in [5.41, 5.74) is 2.95. The third kappa shape index (κ3) is 4.54. The average molecular weight is 440 g/mol. The first-order valence-electron chi connectivity index (χ1n) is 9.96. The first-order valence-corrected chi connectivity index (χ1v) is 10.3. The Balaban J connectivity index is 1.58. The second-order valence-corrected chi connectivity index (χ2v) is 7.57. The van der Waals surface area contributed by atoms with Crippen molar-refractivity contribution in [3.63, 3.8) is 0 Å². The number of carbonyl (C=O) groups excluding carboxylic acids is 1. The minimum atomic E-state index is -0.502. The van der Waals surface area contributed by atoms with Crippen LogP contribution in [0.1, 0.15) is 37.4 Å². The van der Waals surface area contributed by atoms with Crippen molar-refractivity contribution in [1.82, 2.24) is 20.2 Å². The minimum absolute atomic E-state index is 0.348. The van der Waals surface area contributed by atoms with Crippen molar-refractivity contribution in [2.24, 2.45) is 0 Å². The third-order valence-electron chi connectivity index (χ3n) is 4.86. The van der Waals surface area contributed by atoms with Crippen LogP contribution in [0.15, 0.2) is 59.8 Å². The molecule has 1 aliphatic rings.